The Balaban J connectivity index is 2.89. The number of hydrogen-bond donors (Lipinski definition) is 1. The van der Waals surface area contributed by atoms with Gasteiger partial charge in [0, 0.05) is 5.39 Å². The first-order valence-corrected chi connectivity index (χ1v) is 6.33. The lowest BCUT2D eigenvalue weighted by atomic mass is 9.94. The van der Waals surface area contributed by atoms with Crippen molar-refractivity contribution in [2.75, 3.05) is 6.54 Å². The number of pyridine rings is 1. The molecule has 0 saturated heterocycles. The number of nitrogens with two attached hydrogens (primary N) is 1. The van der Waals surface area contributed by atoms with Crippen molar-refractivity contribution in [3.05, 3.63) is 41.1 Å². The molecule has 0 aliphatic carbocycles. The minimum Gasteiger partial charge on any atom is -0.330 e. The molecule has 0 bridgehead atoms. The zero-order valence-corrected chi connectivity index (χ0v) is 11.4. The maximum atomic E-state index is 13.0. The van der Waals surface area contributed by atoms with Crippen molar-refractivity contribution >= 4 is 10.9 Å². The number of halogens is 6. The van der Waals surface area contributed by atoms with E-state index in [9.17, 15) is 26.3 Å². The molecule has 2 N–H and O–H groups in total. The second-order valence-electron chi connectivity index (χ2n) is 4.93. The van der Waals surface area contributed by atoms with Crippen molar-refractivity contribution in [1.29, 1.82) is 0 Å². The number of para-hydroxylation sites is 1. The predicted molar refractivity (Wildman–Crippen MR) is 69.2 cm³/mol. The number of alkyl halides is 6. The van der Waals surface area contributed by atoms with Crippen LogP contribution in [0.4, 0.5) is 26.3 Å². The second kappa shape index (κ2) is 5.42. The fraction of sp³-hybridized carbons (Fsp3) is 0.357. The van der Waals surface area contributed by atoms with E-state index in [-0.39, 0.29) is 17.5 Å². The van der Waals surface area contributed by atoms with E-state index in [1.54, 1.807) is 6.92 Å². The van der Waals surface area contributed by atoms with Crippen molar-refractivity contribution in [2.24, 2.45) is 5.73 Å². The van der Waals surface area contributed by atoms with Gasteiger partial charge in [-0.3, -0.25) is 0 Å². The third-order valence-electron chi connectivity index (χ3n) is 3.35. The second-order valence-corrected chi connectivity index (χ2v) is 4.93. The van der Waals surface area contributed by atoms with E-state index >= 15 is 0 Å². The number of nitrogens with zero attached hydrogens (tertiary/aromatic N) is 1. The van der Waals surface area contributed by atoms with Crippen LogP contribution in [0.3, 0.4) is 0 Å². The van der Waals surface area contributed by atoms with Crippen molar-refractivity contribution in [2.45, 2.75) is 25.2 Å². The largest absolute Gasteiger partial charge is 0.433 e. The molecule has 0 aliphatic rings. The SMILES string of the molecule is CC(CN)c1cc(C(F)(F)F)nc2c(C(F)(F)F)cccc12. The Labute approximate surface area is 121 Å². The summed E-state index contributed by atoms with van der Waals surface area (Å²) in [4.78, 5) is 3.20. The maximum Gasteiger partial charge on any atom is 0.433 e. The van der Waals surface area contributed by atoms with Crippen molar-refractivity contribution in [1.82, 2.24) is 4.98 Å². The third kappa shape index (κ3) is 3.01. The molecule has 22 heavy (non-hydrogen) atoms. The maximum absolute atomic E-state index is 13.0. The standard InChI is InChI=1S/C14H12F6N2/c1-7(6-21)9-5-11(14(18,19)20)22-12-8(9)3-2-4-10(12)13(15,16)17/h2-5,7H,6,21H2,1H3. The van der Waals surface area contributed by atoms with Gasteiger partial charge in [-0.2, -0.15) is 26.3 Å². The Hall–Kier alpha value is -1.83. The molecule has 2 rings (SSSR count). The fourth-order valence-electron chi connectivity index (χ4n) is 2.18. The molecule has 0 saturated carbocycles. The molecule has 1 unspecified atom stereocenters. The molecule has 0 spiro atoms. The van der Waals surface area contributed by atoms with Crippen molar-refractivity contribution in [3.63, 3.8) is 0 Å². The molecular weight excluding hydrogens is 310 g/mol. The van der Waals surface area contributed by atoms with Gasteiger partial charge in [0.05, 0.1) is 11.1 Å². The number of fused-ring (bicyclic) bond motifs is 1. The predicted octanol–water partition coefficient (Wildman–Crippen LogP) is 4.33. The Morgan fingerprint density at radius 1 is 1.09 bits per heavy atom. The van der Waals surface area contributed by atoms with E-state index in [2.05, 4.69) is 4.98 Å². The lowest BCUT2D eigenvalue weighted by Crippen LogP contribution is -2.15. The topological polar surface area (TPSA) is 38.9 Å². The van der Waals surface area contributed by atoms with Gasteiger partial charge in [0.1, 0.15) is 5.69 Å². The Morgan fingerprint density at radius 2 is 1.73 bits per heavy atom. The Kier molecular flexibility index (Phi) is 4.08. The van der Waals surface area contributed by atoms with Gasteiger partial charge in [-0.15, -0.1) is 0 Å². The molecule has 1 aromatic carbocycles. The summed E-state index contributed by atoms with van der Waals surface area (Å²) in [5.41, 5.74) is 2.30. The van der Waals surface area contributed by atoms with Gasteiger partial charge in [0.2, 0.25) is 0 Å². The first-order chi connectivity index (χ1) is 10.1. The summed E-state index contributed by atoms with van der Waals surface area (Å²) in [6.45, 7) is 1.56. The molecule has 2 aromatic rings. The van der Waals surface area contributed by atoms with Gasteiger partial charge in [-0.25, -0.2) is 4.98 Å². The molecule has 0 fully saturated rings. The van der Waals surface area contributed by atoms with E-state index in [0.29, 0.717) is 6.07 Å². The first kappa shape index (κ1) is 16.5. The van der Waals surface area contributed by atoms with Crippen LogP contribution in [0.25, 0.3) is 10.9 Å². The van der Waals surface area contributed by atoms with Gasteiger partial charge in [0.25, 0.3) is 0 Å². The highest BCUT2D eigenvalue weighted by Crippen LogP contribution is 2.38. The molecule has 1 aromatic heterocycles. The number of rotatable bonds is 2. The van der Waals surface area contributed by atoms with Crippen LogP contribution in [0.1, 0.15) is 29.7 Å². The lowest BCUT2D eigenvalue weighted by molar-refractivity contribution is -0.142. The van der Waals surface area contributed by atoms with Crippen LogP contribution in [0.5, 0.6) is 0 Å². The minimum atomic E-state index is -4.84. The van der Waals surface area contributed by atoms with Crippen LogP contribution >= 0.6 is 0 Å². The van der Waals surface area contributed by atoms with Crippen LogP contribution < -0.4 is 5.73 Å². The smallest absolute Gasteiger partial charge is 0.330 e. The molecule has 1 atom stereocenters. The van der Waals surface area contributed by atoms with Gasteiger partial charge in [-0.1, -0.05) is 19.1 Å². The number of aromatic nitrogens is 1. The first-order valence-electron chi connectivity index (χ1n) is 6.33. The molecule has 0 radical (unpaired) electrons. The van der Waals surface area contributed by atoms with E-state index < -0.39 is 35.0 Å². The van der Waals surface area contributed by atoms with Crippen molar-refractivity contribution in [3.8, 4) is 0 Å². The van der Waals surface area contributed by atoms with E-state index in [1.165, 1.54) is 6.07 Å². The van der Waals surface area contributed by atoms with E-state index in [1.807, 2.05) is 0 Å². The summed E-state index contributed by atoms with van der Waals surface area (Å²) in [7, 11) is 0. The van der Waals surface area contributed by atoms with E-state index in [4.69, 9.17) is 5.73 Å². The van der Waals surface area contributed by atoms with Crippen molar-refractivity contribution < 1.29 is 26.3 Å². The van der Waals surface area contributed by atoms with Gasteiger partial charge in [0.15, 0.2) is 0 Å². The Bertz CT molecular complexity index is 690. The van der Waals surface area contributed by atoms with Crippen LogP contribution in [-0.4, -0.2) is 11.5 Å². The molecule has 2 nitrogen and oxygen atoms in total. The Morgan fingerprint density at radius 3 is 2.23 bits per heavy atom. The summed E-state index contributed by atoms with van der Waals surface area (Å²) in [6.07, 6.45) is -9.63. The zero-order valence-electron chi connectivity index (χ0n) is 11.4. The van der Waals surface area contributed by atoms with Gasteiger partial charge >= 0.3 is 12.4 Å². The lowest BCUT2D eigenvalue weighted by Gasteiger charge is -2.18. The quantitative estimate of drug-likeness (QED) is 0.836. The minimum absolute atomic E-state index is 0.00660. The van der Waals surface area contributed by atoms with Crippen LogP contribution in [-0.2, 0) is 12.4 Å². The average molecular weight is 322 g/mol. The molecule has 120 valence electrons. The third-order valence-corrected chi connectivity index (χ3v) is 3.35. The fourth-order valence-corrected chi connectivity index (χ4v) is 2.18. The summed E-state index contributed by atoms with van der Waals surface area (Å²) in [5, 5.41) is 0.0285. The zero-order chi connectivity index (χ0) is 16.7. The van der Waals surface area contributed by atoms with Crippen LogP contribution in [0.2, 0.25) is 0 Å². The highest BCUT2D eigenvalue weighted by Gasteiger charge is 2.37. The summed E-state index contributed by atoms with van der Waals surface area (Å²) >= 11 is 0. The number of hydrogen-bond acceptors (Lipinski definition) is 2. The summed E-state index contributed by atoms with van der Waals surface area (Å²) in [5.74, 6) is -0.532. The summed E-state index contributed by atoms with van der Waals surface area (Å²) < 4.78 is 77.8. The molecule has 0 aliphatic heterocycles. The monoisotopic (exact) mass is 322 g/mol. The molecular formula is C14H12F6N2. The highest BCUT2D eigenvalue weighted by atomic mass is 19.4. The van der Waals surface area contributed by atoms with Gasteiger partial charge in [-0.05, 0) is 30.2 Å². The average Bonchev–Trinajstić information content (AvgIpc) is 2.42. The van der Waals surface area contributed by atoms with E-state index in [0.717, 1.165) is 12.1 Å². The van der Waals surface area contributed by atoms with Gasteiger partial charge < -0.3 is 5.73 Å². The molecule has 8 heteroatoms. The summed E-state index contributed by atoms with van der Waals surface area (Å²) in [6, 6.07) is 3.94. The number of benzene rings is 1. The molecule has 1 heterocycles. The highest BCUT2D eigenvalue weighted by molar-refractivity contribution is 5.86. The normalized spacial score (nSPS) is 14.4. The van der Waals surface area contributed by atoms with Crippen LogP contribution in [0.15, 0.2) is 24.3 Å². The van der Waals surface area contributed by atoms with Crippen LogP contribution in [0, 0.1) is 0 Å². The molecule has 0 amide bonds.